The minimum atomic E-state index is -0.266. The van der Waals surface area contributed by atoms with Crippen molar-refractivity contribution in [3.63, 3.8) is 0 Å². The van der Waals surface area contributed by atoms with Gasteiger partial charge in [-0.2, -0.15) is 0 Å². The van der Waals surface area contributed by atoms with E-state index in [0.717, 1.165) is 29.9 Å². The summed E-state index contributed by atoms with van der Waals surface area (Å²) >= 11 is 0. The first-order valence-electron chi connectivity index (χ1n) is 8.21. The summed E-state index contributed by atoms with van der Waals surface area (Å²) in [4.78, 5) is 32.2. The molecular weight excluding hydrogens is 316 g/mol. The molecule has 1 fully saturated rings. The molecule has 0 aliphatic heterocycles. The number of aromatic nitrogens is 2. The molecule has 3 rings (SSSR count). The fourth-order valence-electron chi connectivity index (χ4n) is 2.53. The van der Waals surface area contributed by atoms with Gasteiger partial charge in [-0.25, -0.2) is 9.97 Å². The average molecular weight is 336 g/mol. The molecular formula is C19H20N4O2. The van der Waals surface area contributed by atoms with Gasteiger partial charge < -0.3 is 10.6 Å². The quantitative estimate of drug-likeness (QED) is 0.794. The minimum Gasteiger partial charge on any atom is -0.323 e. The number of amides is 2. The lowest BCUT2D eigenvalue weighted by molar-refractivity contribution is -0.115. The molecule has 2 aromatic rings. The largest absolute Gasteiger partial charge is 0.323 e. The number of benzene rings is 1. The summed E-state index contributed by atoms with van der Waals surface area (Å²) in [6, 6.07) is 7.14. The number of hydrogen-bond donors (Lipinski definition) is 2. The number of nitrogens with one attached hydrogen (secondary N) is 2. The lowest BCUT2D eigenvalue weighted by Gasteiger charge is -2.10. The Morgan fingerprint density at radius 1 is 1.24 bits per heavy atom. The Morgan fingerprint density at radius 2 is 1.96 bits per heavy atom. The molecule has 0 bridgehead atoms. The highest BCUT2D eigenvalue weighted by atomic mass is 16.2. The third kappa shape index (κ3) is 4.50. The van der Waals surface area contributed by atoms with Gasteiger partial charge in [0.1, 0.15) is 5.82 Å². The van der Waals surface area contributed by atoms with Crippen molar-refractivity contribution in [2.24, 2.45) is 0 Å². The zero-order valence-electron chi connectivity index (χ0n) is 14.1. The first-order valence-corrected chi connectivity index (χ1v) is 8.21. The fourth-order valence-corrected chi connectivity index (χ4v) is 2.53. The van der Waals surface area contributed by atoms with Gasteiger partial charge in [0.15, 0.2) is 0 Å². The standard InChI is InChI=1S/C19H20N4O2/c1-3-17(24)22-15-8-4-13(5-9-15)10-18(25)23-16-11-20-12(2)21-19(16)14-6-7-14/h3-5,8-9,11,14H,1,6-7,10H2,2H3,(H,22,24)(H,23,25). The van der Waals surface area contributed by atoms with Crippen molar-refractivity contribution in [3.05, 3.63) is 60.2 Å². The van der Waals surface area contributed by atoms with Crippen LogP contribution in [-0.2, 0) is 16.0 Å². The summed E-state index contributed by atoms with van der Waals surface area (Å²) in [7, 11) is 0. The third-order valence-corrected chi connectivity index (χ3v) is 3.95. The Kier molecular flexibility index (Phi) is 4.88. The van der Waals surface area contributed by atoms with Crippen molar-refractivity contribution in [3.8, 4) is 0 Å². The van der Waals surface area contributed by atoms with Gasteiger partial charge >= 0.3 is 0 Å². The molecule has 0 atom stereocenters. The van der Waals surface area contributed by atoms with Crippen LogP contribution < -0.4 is 10.6 Å². The predicted molar refractivity (Wildman–Crippen MR) is 96.3 cm³/mol. The van der Waals surface area contributed by atoms with Gasteiger partial charge in [0.2, 0.25) is 11.8 Å². The summed E-state index contributed by atoms with van der Waals surface area (Å²) < 4.78 is 0. The second-order valence-electron chi connectivity index (χ2n) is 6.11. The Labute approximate surface area is 146 Å². The van der Waals surface area contributed by atoms with Gasteiger partial charge in [-0.1, -0.05) is 18.7 Å². The SMILES string of the molecule is C=CC(=O)Nc1ccc(CC(=O)Nc2cnc(C)nc2C2CC2)cc1. The number of aryl methyl sites for hydroxylation is 1. The van der Waals surface area contributed by atoms with Crippen LogP contribution in [0.5, 0.6) is 0 Å². The molecule has 2 N–H and O–H groups in total. The van der Waals surface area contributed by atoms with Gasteiger partial charge in [-0.15, -0.1) is 0 Å². The molecule has 0 spiro atoms. The minimum absolute atomic E-state index is 0.114. The molecule has 1 aliphatic rings. The maximum Gasteiger partial charge on any atom is 0.247 e. The molecule has 1 heterocycles. The second-order valence-corrected chi connectivity index (χ2v) is 6.11. The van der Waals surface area contributed by atoms with Crippen molar-refractivity contribution < 1.29 is 9.59 Å². The molecule has 6 heteroatoms. The molecule has 1 aromatic carbocycles. The average Bonchev–Trinajstić information content (AvgIpc) is 3.43. The van der Waals surface area contributed by atoms with Crippen LogP contribution in [0.25, 0.3) is 0 Å². The van der Waals surface area contributed by atoms with Gasteiger partial charge in [-0.05, 0) is 43.5 Å². The highest BCUT2D eigenvalue weighted by molar-refractivity contribution is 5.99. The highest BCUT2D eigenvalue weighted by Crippen LogP contribution is 2.42. The normalized spacial score (nSPS) is 13.2. The van der Waals surface area contributed by atoms with Crippen LogP contribution >= 0.6 is 0 Å². The zero-order chi connectivity index (χ0) is 17.8. The molecule has 128 valence electrons. The van der Waals surface area contributed by atoms with E-state index in [-0.39, 0.29) is 18.2 Å². The van der Waals surface area contributed by atoms with E-state index in [1.807, 2.05) is 19.1 Å². The summed E-state index contributed by atoms with van der Waals surface area (Å²) in [5, 5.41) is 5.59. The van der Waals surface area contributed by atoms with E-state index in [4.69, 9.17) is 0 Å². The van der Waals surface area contributed by atoms with E-state index in [0.29, 0.717) is 17.3 Å². The van der Waals surface area contributed by atoms with E-state index in [1.54, 1.807) is 18.3 Å². The monoisotopic (exact) mass is 336 g/mol. The molecule has 1 saturated carbocycles. The number of carbonyl (C=O) groups excluding carboxylic acids is 2. The van der Waals surface area contributed by atoms with Crippen LogP contribution in [-0.4, -0.2) is 21.8 Å². The third-order valence-electron chi connectivity index (χ3n) is 3.95. The molecule has 0 saturated heterocycles. The van der Waals surface area contributed by atoms with Crippen LogP contribution in [0.4, 0.5) is 11.4 Å². The molecule has 2 amide bonds. The van der Waals surface area contributed by atoms with E-state index < -0.39 is 0 Å². The fraction of sp³-hybridized carbons (Fsp3) is 0.263. The molecule has 25 heavy (non-hydrogen) atoms. The Balaban J connectivity index is 1.63. The topological polar surface area (TPSA) is 84.0 Å². The Bertz CT molecular complexity index is 811. The van der Waals surface area contributed by atoms with Crippen molar-refractivity contribution in [2.45, 2.75) is 32.1 Å². The van der Waals surface area contributed by atoms with E-state index in [2.05, 4.69) is 27.2 Å². The van der Waals surface area contributed by atoms with Crippen molar-refractivity contribution >= 4 is 23.2 Å². The van der Waals surface area contributed by atoms with E-state index in [1.165, 1.54) is 6.08 Å². The highest BCUT2D eigenvalue weighted by Gasteiger charge is 2.28. The van der Waals surface area contributed by atoms with Crippen LogP contribution in [0.3, 0.4) is 0 Å². The van der Waals surface area contributed by atoms with Crippen LogP contribution in [0.2, 0.25) is 0 Å². The van der Waals surface area contributed by atoms with Crippen molar-refractivity contribution in [1.82, 2.24) is 9.97 Å². The molecule has 0 unspecified atom stereocenters. The first kappa shape index (κ1) is 16.8. The van der Waals surface area contributed by atoms with Gasteiger partial charge in [0.05, 0.1) is 24.0 Å². The summed E-state index contributed by atoms with van der Waals surface area (Å²) in [5.74, 6) is 0.775. The number of rotatable bonds is 6. The number of nitrogens with zero attached hydrogens (tertiary/aromatic N) is 2. The molecule has 1 aliphatic carbocycles. The van der Waals surface area contributed by atoms with Gasteiger partial charge in [0.25, 0.3) is 0 Å². The first-order chi connectivity index (χ1) is 12.0. The van der Waals surface area contributed by atoms with Crippen LogP contribution in [0, 0.1) is 6.92 Å². The Hall–Kier alpha value is -3.02. The lowest BCUT2D eigenvalue weighted by Crippen LogP contribution is -2.16. The molecule has 0 radical (unpaired) electrons. The zero-order valence-corrected chi connectivity index (χ0v) is 14.1. The number of carbonyl (C=O) groups is 2. The molecule has 6 nitrogen and oxygen atoms in total. The summed E-state index contributed by atoms with van der Waals surface area (Å²) in [6.07, 6.45) is 5.35. The number of hydrogen-bond acceptors (Lipinski definition) is 4. The van der Waals surface area contributed by atoms with Crippen LogP contribution in [0.15, 0.2) is 43.1 Å². The van der Waals surface area contributed by atoms with Crippen LogP contribution in [0.1, 0.15) is 35.8 Å². The van der Waals surface area contributed by atoms with Gasteiger partial charge in [-0.3, -0.25) is 9.59 Å². The van der Waals surface area contributed by atoms with Gasteiger partial charge in [0, 0.05) is 11.6 Å². The summed E-state index contributed by atoms with van der Waals surface area (Å²) in [6.45, 7) is 5.26. The van der Waals surface area contributed by atoms with E-state index in [9.17, 15) is 9.59 Å². The lowest BCUT2D eigenvalue weighted by atomic mass is 10.1. The maximum absolute atomic E-state index is 12.3. The Morgan fingerprint density at radius 3 is 2.60 bits per heavy atom. The van der Waals surface area contributed by atoms with Crippen molar-refractivity contribution in [2.75, 3.05) is 10.6 Å². The molecule has 1 aromatic heterocycles. The maximum atomic E-state index is 12.3. The number of anilines is 2. The smallest absolute Gasteiger partial charge is 0.247 e. The van der Waals surface area contributed by atoms with E-state index >= 15 is 0 Å². The van der Waals surface area contributed by atoms with Crippen molar-refractivity contribution in [1.29, 1.82) is 0 Å². The second kappa shape index (κ2) is 7.25. The summed E-state index contributed by atoms with van der Waals surface area (Å²) in [5.41, 5.74) is 3.16. The predicted octanol–water partition coefficient (Wildman–Crippen LogP) is 2.97.